The molecule has 0 unspecified atom stereocenters. The van der Waals surface area contributed by atoms with Crippen LogP contribution in [0.2, 0.25) is 0 Å². The molecule has 0 fully saturated rings. The third kappa shape index (κ3) is 3.87. The summed E-state index contributed by atoms with van der Waals surface area (Å²) in [5.41, 5.74) is 1.57. The lowest BCUT2D eigenvalue weighted by molar-refractivity contribution is -0.114. The van der Waals surface area contributed by atoms with Crippen LogP contribution >= 0.6 is 0 Å². The lowest BCUT2D eigenvalue weighted by atomic mass is 9.89. The number of nitrogens with one attached hydrogen (secondary N) is 1. The maximum absolute atomic E-state index is 12.8. The fourth-order valence-corrected chi connectivity index (χ4v) is 2.82. The van der Waals surface area contributed by atoms with Crippen molar-refractivity contribution in [3.05, 3.63) is 23.8 Å². The lowest BCUT2D eigenvalue weighted by Crippen LogP contribution is -2.37. The third-order valence-electron chi connectivity index (χ3n) is 4.15. The highest BCUT2D eigenvalue weighted by Crippen LogP contribution is 2.24. The first-order chi connectivity index (χ1) is 11.6. The van der Waals surface area contributed by atoms with Gasteiger partial charge in [0.15, 0.2) is 5.69 Å². The quantitative estimate of drug-likeness (QED) is 0.846. The molecule has 25 heavy (non-hydrogen) atoms. The van der Waals surface area contributed by atoms with E-state index in [-0.39, 0.29) is 11.6 Å². The van der Waals surface area contributed by atoms with Gasteiger partial charge in [0.05, 0.1) is 5.69 Å². The monoisotopic (exact) mass is 345 g/mol. The molecule has 136 valence electrons. The van der Waals surface area contributed by atoms with E-state index in [1.807, 2.05) is 39.3 Å². The minimum atomic E-state index is -0.552. The van der Waals surface area contributed by atoms with Gasteiger partial charge in [-0.25, -0.2) is 9.98 Å². The van der Waals surface area contributed by atoms with Crippen molar-refractivity contribution < 1.29 is 9.59 Å². The highest BCUT2D eigenvalue weighted by atomic mass is 16.2. The minimum Gasteiger partial charge on any atom is -0.354 e. The van der Waals surface area contributed by atoms with E-state index in [1.165, 1.54) is 7.05 Å². The first kappa shape index (κ1) is 19.1. The summed E-state index contributed by atoms with van der Waals surface area (Å²) in [5.74, 6) is -0.134. The molecular formula is C18H27N5O2. The summed E-state index contributed by atoms with van der Waals surface area (Å²) < 4.78 is 2.03. The number of rotatable bonds is 3. The second kappa shape index (κ2) is 6.92. The lowest BCUT2D eigenvalue weighted by Gasteiger charge is -2.25. The van der Waals surface area contributed by atoms with Crippen molar-refractivity contribution in [2.45, 2.75) is 40.8 Å². The van der Waals surface area contributed by atoms with Gasteiger partial charge in [0.1, 0.15) is 11.5 Å². The first-order valence-corrected chi connectivity index (χ1v) is 8.35. The van der Waals surface area contributed by atoms with Crippen LogP contribution < -0.4 is 5.32 Å². The number of allylic oxidation sites excluding steroid dienone is 1. The zero-order valence-corrected chi connectivity index (χ0v) is 15.9. The number of aliphatic imine (C=N–C) groups is 1. The fraction of sp³-hybridized carbons (Fsp3) is 0.556. The largest absolute Gasteiger partial charge is 0.354 e. The van der Waals surface area contributed by atoms with Gasteiger partial charge in [-0.2, -0.15) is 0 Å². The number of hydrogen-bond donors (Lipinski definition) is 1. The summed E-state index contributed by atoms with van der Waals surface area (Å²) in [5, 5.41) is 2.55. The molecule has 0 radical (unpaired) electrons. The van der Waals surface area contributed by atoms with E-state index in [0.717, 1.165) is 24.4 Å². The molecule has 0 saturated carbocycles. The zero-order valence-electron chi connectivity index (χ0n) is 15.9. The van der Waals surface area contributed by atoms with E-state index in [4.69, 9.17) is 0 Å². The molecule has 1 aromatic heterocycles. The van der Waals surface area contributed by atoms with Crippen LogP contribution in [0.5, 0.6) is 0 Å². The van der Waals surface area contributed by atoms with E-state index in [2.05, 4.69) is 26.8 Å². The Morgan fingerprint density at radius 3 is 2.44 bits per heavy atom. The van der Waals surface area contributed by atoms with Crippen molar-refractivity contribution in [3.63, 3.8) is 0 Å². The van der Waals surface area contributed by atoms with Gasteiger partial charge >= 0.3 is 0 Å². The van der Waals surface area contributed by atoms with Crippen LogP contribution in [-0.4, -0.2) is 52.6 Å². The maximum Gasteiger partial charge on any atom is 0.297 e. The molecule has 7 heteroatoms. The molecule has 7 nitrogen and oxygen atoms in total. The van der Waals surface area contributed by atoms with Crippen LogP contribution in [0.25, 0.3) is 5.57 Å². The van der Waals surface area contributed by atoms with Crippen molar-refractivity contribution in [1.82, 2.24) is 19.8 Å². The summed E-state index contributed by atoms with van der Waals surface area (Å²) in [7, 11) is 3.53. The van der Waals surface area contributed by atoms with Gasteiger partial charge in [-0.3, -0.25) is 14.5 Å². The minimum absolute atomic E-state index is 0.197. The van der Waals surface area contributed by atoms with E-state index in [0.29, 0.717) is 18.1 Å². The van der Waals surface area contributed by atoms with E-state index >= 15 is 0 Å². The van der Waals surface area contributed by atoms with Gasteiger partial charge in [0.25, 0.3) is 11.8 Å². The van der Waals surface area contributed by atoms with E-state index in [1.54, 1.807) is 0 Å². The summed E-state index contributed by atoms with van der Waals surface area (Å²) in [6.07, 6.45) is 0. The number of carbonyl (C=O) groups is 2. The predicted octanol–water partition coefficient (Wildman–Crippen LogP) is 1.73. The SMILES string of the molecule is C=C(C)c1nc(C(=O)/N=C(/C(=O)NC)C(C)(C)C)c2n1CCN(C)C2. The van der Waals surface area contributed by atoms with Gasteiger partial charge in [-0.05, 0) is 19.5 Å². The van der Waals surface area contributed by atoms with Gasteiger partial charge in [-0.1, -0.05) is 27.4 Å². The molecular weight excluding hydrogens is 318 g/mol. The van der Waals surface area contributed by atoms with Crippen molar-refractivity contribution in [2.24, 2.45) is 10.4 Å². The van der Waals surface area contributed by atoms with E-state index < -0.39 is 11.3 Å². The van der Waals surface area contributed by atoms with Crippen LogP contribution in [0, 0.1) is 5.41 Å². The molecule has 0 atom stereocenters. The fourth-order valence-electron chi connectivity index (χ4n) is 2.82. The Morgan fingerprint density at radius 1 is 1.28 bits per heavy atom. The highest BCUT2D eigenvalue weighted by molar-refractivity contribution is 6.42. The molecule has 0 bridgehead atoms. The number of nitrogens with zero attached hydrogens (tertiary/aromatic N) is 4. The maximum atomic E-state index is 12.8. The molecule has 2 heterocycles. The molecule has 1 N–H and O–H groups in total. The number of likely N-dealkylation sites (N-methyl/N-ethyl adjacent to an activating group) is 1. The van der Waals surface area contributed by atoms with Crippen molar-refractivity contribution >= 4 is 23.1 Å². The molecule has 0 spiro atoms. The van der Waals surface area contributed by atoms with Gasteiger partial charge in [0, 0.05) is 32.1 Å². The predicted molar refractivity (Wildman–Crippen MR) is 98.6 cm³/mol. The number of fused-ring (bicyclic) bond motifs is 1. The van der Waals surface area contributed by atoms with Crippen LogP contribution in [-0.2, 0) is 17.9 Å². The number of carbonyl (C=O) groups excluding carboxylic acids is 2. The summed E-state index contributed by atoms with van der Waals surface area (Å²) >= 11 is 0. The van der Waals surface area contributed by atoms with Crippen molar-refractivity contribution in [3.8, 4) is 0 Å². The second-order valence-corrected chi connectivity index (χ2v) is 7.50. The average Bonchev–Trinajstić information content (AvgIpc) is 2.89. The molecule has 1 aliphatic heterocycles. The molecule has 2 amide bonds. The number of imidazole rings is 1. The molecule has 0 saturated heterocycles. The highest BCUT2D eigenvalue weighted by Gasteiger charge is 2.30. The Bertz CT molecular complexity index is 752. The average molecular weight is 345 g/mol. The summed E-state index contributed by atoms with van der Waals surface area (Å²) in [4.78, 5) is 35.7. The van der Waals surface area contributed by atoms with Crippen molar-refractivity contribution in [1.29, 1.82) is 0 Å². The number of aromatic nitrogens is 2. The van der Waals surface area contributed by atoms with Crippen molar-refractivity contribution in [2.75, 3.05) is 20.6 Å². The van der Waals surface area contributed by atoms with Gasteiger partial charge in [0.2, 0.25) is 0 Å². The Balaban J connectivity index is 2.54. The Hall–Kier alpha value is -2.28. The molecule has 0 aromatic carbocycles. The third-order valence-corrected chi connectivity index (χ3v) is 4.15. The number of hydrogen-bond acceptors (Lipinski definition) is 4. The molecule has 2 rings (SSSR count). The topological polar surface area (TPSA) is 79.6 Å². The normalized spacial score (nSPS) is 15.7. The van der Waals surface area contributed by atoms with Gasteiger partial charge in [-0.15, -0.1) is 0 Å². The van der Waals surface area contributed by atoms with Crippen LogP contribution in [0.15, 0.2) is 11.6 Å². The first-order valence-electron chi connectivity index (χ1n) is 8.35. The molecule has 1 aromatic rings. The Morgan fingerprint density at radius 2 is 1.92 bits per heavy atom. The number of amides is 2. The summed E-state index contributed by atoms with van der Waals surface area (Å²) in [6.45, 7) is 13.6. The van der Waals surface area contributed by atoms with Crippen LogP contribution in [0.3, 0.4) is 0 Å². The second-order valence-electron chi connectivity index (χ2n) is 7.50. The van der Waals surface area contributed by atoms with Gasteiger partial charge < -0.3 is 9.88 Å². The molecule has 1 aliphatic rings. The molecule has 0 aliphatic carbocycles. The van der Waals surface area contributed by atoms with E-state index in [9.17, 15) is 9.59 Å². The Labute approximate surface area is 148 Å². The Kier molecular flexibility index (Phi) is 5.27. The zero-order chi connectivity index (χ0) is 18.9. The standard InChI is InChI=1S/C18H27N5O2/c1-11(2)15-20-13(12-10-22(7)8-9-23(12)15)16(24)21-14(17(25)19-6)18(3,4)5/h1,8-10H2,2-7H3,(H,19,25)/b21-14-. The smallest absolute Gasteiger partial charge is 0.297 e. The van der Waals surface area contributed by atoms with Crippen LogP contribution in [0.4, 0.5) is 0 Å². The van der Waals surface area contributed by atoms with Crippen LogP contribution in [0.1, 0.15) is 49.7 Å². The summed E-state index contributed by atoms with van der Waals surface area (Å²) in [6, 6.07) is 0.